The van der Waals surface area contributed by atoms with Crippen molar-refractivity contribution in [2.75, 3.05) is 5.32 Å². The van der Waals surface area contributed by atoms with E-state index in [9.17, 15) is 4.79 Å². The van der Waals surface area contributed by atoms with Gasteiger partial charge in [-0.1, -0.05) is 18.2 Å². The van der Waals surface area contributed by atoms with Crippen LogP contribution in [0.1, 0.15) is 15.9 Å². The fourth-order valence-electron chi connectivity index (χ4n) is 2.00. The highest BCUT2D eigenvalue weighted by Gasteiger charge is 2.13. The summed E-state index contributed by atoms with van der Waals surface area (Å²) in [6, 6.07) is 15.7. The Hall–Kier alpha value is -3.53. The number of hydrogen-bond donors (Lipinski definition) is 1. The van der Waals surface area contributed by atoms with Crippen LogP contribution in [0.15, 0.2) is 54.9 Å². The number of tetrazole rings is 1. The molecule has 3 aromatic rings. The van der Waals surface area contributed by atoms with Crippen LogP contribution in [0.3, 0.4) is 0 Å². The molecule has 1 N–H and O–H groups in total. The maximum Gasteiger partial charge on any atom is 0.257 e. The largest absolute Gasteiger partial charge is 0.322 e. The van der Waals surface area contributed by atoms with Crippen LogP contribution in [0, 0.1) is 11.3 Å². The van der Waals surface area contributed by atoms with Gasteiger partial charge < -0.3 is 5.32 Å². The third-order valence-electron chi connectivity index (χ3n) is 2.99. The highest BCUT2D eigenvalue weighted by Crippen LogP contribution is 2.16. The van der Waals surface area contributed by atoms with Crippen LogP contribution in [0.5, 0.6) is 0 Å². The molecule has 0 spiro atoms. The minimum atomic E-state index is -0.304. The number of hydrogen-bond acceptors (Lipinski definition) is 5. The molecule has 3 rings (SSSR count). The van der Waals surface area contributed by atoms with Crippen molar-refractivity contribution in [3.8, 4) is 11.8 Å². The number of anilines is 1. The summed E-state index contributed by atoms with van der Waals surface area (Å²) in [5.74, 6) is -0.304. The molecule has 1 heterocycles. The van der Waals surface area contributed by atoms with E-state index < -0.39 is 0 Å². The average molecular weight is 290 g/mol. The molecule has 0 atom stereocenters. The maximum absolute atomic E-state index is 12.5. The molecule has 0 aliphatic rings. The third kappa shape index (κ3) is 2.66. The van der Waals surface area contributed by atoms with Crippen LogP contribution >= 0.6 is 0 Å². The van der Waals surface area contributed by atoms with Crippen molar-refractivity contribution >= 4 is 11.6 Å². The fraction of sp³-hybridized carbons (Fsp3) is 0. The highest BCUT2D eigenvalue weighted by atomic mass is 16.1. The molecule has 0 saturated heterocycles. The number of rotatable bonds is 3. The van der Waals surface area contributed by atoms with Crippen LogP contribution in [0.4, 0.5) is 5.69 Å². The number of carbonyl (C=O) groups is 1. The van der Waals surface area contributed by atoms with E-state index in [1.165, 1.54) is 11.0 Å². The minimum absolute atomic E-state index is 0.304. The van der Waals surface area contributed by atoms with E-state index in [1.807, 2.05) is 6.07 Å². The van der Waals surface area contributed by atoms with Crippen molar-refractivity contribution in [3.63, 3.8) is 0 Å². The first-order chi connectivity index (χ1) is 10.8. The summed E-state index contributed by atoms with van der Waals surface area (Å²) in [6.45, 7) is 0. The molecule has 2 aromatic carbocycles. The van der Waals surface area contributed by atoms with Crippen molar-refractivity contribution in [3.05, 3.63) is 66.0 Å². The summed E-state index contributed by atoms with van der Waals surface area (Å²) in [4.78, 5) is 12.5. The first-order valence-electron chi connectivity index (χ1n) is 6.42. The number of amides is 1. The van der Waals surface area contributed by atoms with Crippen LogP contribution in [-0.4, -0.2) is 26.1 Å². The normalized spacial score (nSPS) is 9.95. The predicted octanol–water partition coefficient (Wildman–Crippen LogP) is 1.79. The zero-order valence-electron chi connectivity index (χ0n) is 11.3. The number of nitrogens with one attached hydrogen (secondary N) is 1. The molecular formula is C15H10N6O. The van der Waals surface area contributed by atoms with Crippen molar-refractivity contribution in [1.29, 1.82) is 5.26 Å². The lowest BCUT2D eigenvalue weighted by Gasteiger charge is -2.09. The standard InChI is InChI=1S/C15H10N6O/c16-9-11-4-3-5-12(8-11)18-15(22)13-6-1-2-7-14(13)21-10-17-19-20-21/h1-8,10H,(H,18,22). The second-order valence-corrected chi connectivity index (χ2v) is 4.42. The molecular weight excluding hydrogens is 280 g/mol. The van der Waals surface area contributed by atoms with Gasteiger partial charge in [-0.2, -0.15) is 9.94 Å². The molecule has 0 aliphatic heterocycles. The summed E-state index contributed by atoms with van der Waals surface area (Å²) in [6.07, 6.45) is 1.42. The van der Waals surface area contributed by atoms with Gasteiger partial charge in [-0.15, -0.1) is 5.10 Å². The predicted molar refractivity (Wildman–Crippen MR) is 78.3 cm³/mol. The first kappa shape index (κ1) is 13.5. The van der Waals surface area contributed by atoms with E-state index in [1.54, 1.807) is 48.5 Å². The number of nitriles is 1. The molecule has 0 aliphatic carbocycles. The van der Waals surface area contributed by atoms with E-state index >= 15 is 0 Å². The van der Waals surface area contributed by atoms with Crippen LogP contribution < -0.4 is 5.32 Å². The number of benzene rings is 2. The Kier molecular flexibility index (Phi) is 3.58. The Bertz CT molecular complexity index is 850. The van der Waals surface area contributed by atoms with Gasteiger partial charge >= 0.3 is 0 Å². The molecule has 1 amide bonds. The van der Waals surface area contributed by atoms with E-state index in [-0.39, 0.29) is 5.91 Å². The van der Waals surface area contributed by atoms with Crippen molar-refractivity contribution in [2.45, 2.75) is 0 Å². The molecule has 0 radical (unpaired) electrons. The molecule has 7 nitrogen and oxygen atoms in total. The van der Waals surface area contributed by atoms with Crippen LogP contribution in [0.2, 0.25) is 0 Å². The fourth-order valence-corrected chi connectivity index (χ4v) is 2.00. The number of para-hydroxylation sites is 1. The second-order valence-electron chi connectivity index (χ2n) is 4.42. The second kappa shape index (κ2) is 5.85. The lowest BCUT2D eigenvalue weighted by atomic mass is 10.1. The van der Waals surface area contributed by atoms with Gasteiger partial charge in [0.05, 0.1) is 22.9 Å². The summed E-state index contributed by atoms with van der Waals surface area (Å²) in [5, 5.41) is 22.6. The quantitative estimate of drug-likeness (QED) is 0.793. The molecule has 22 heavy (non-hydrogen) atoms. The van der Waals surface area contributed by atoms with Crippen molar-refractivity contribution in [2.24, 2.45) is 0 Å². The van der Waals surface area contributed by atoms with Crippen LogP contribution in [0.25, 0.3) is 5.69 Å². The summed E-state index contributed by atoms with van der Waals surface area (Å²) in [7, 11) is 0. The van der Waals surface area contributed by atoms with Gasteiger partial charge in [0, 0.05) is 5.69 Å². The molecule has 0 bridgehead atoms. The number of nitrogens with zero attached hydrogens (tertiary/aromatic N) is 5. The van der Waals surface area contributed by atoms with Crippen molar-refractivity contribution in [1.82, 2.24) is 20.2 Å². The SMILES string of the molecule is N#Cc1cccc(NC(=O)c2ccccc2-n2cnnn2)c1. The van der Waals surface area contributed by atoms with E-state index in [4.69, 9.17) is 5.26 Å². The smallest absolute Gasteiger partial charge is 0.257 e. The molecule has 7 heteroatoms. The Labute approximate surface area is 125 Å². The highest BCUT2D eigenvalue weighted by molar-refractivity contribution is 6.06. The summed E-state index contributed by atoms with van der Waals surface area (Å²) < 4.78 is 1.42. The number of aromatic nitrogens is 4. The van der Waals surface area contributed by atoms with Gasteiger partial charge in [0.2, 0.25) is 0 Å². The minimum Gasteiger partial charge on any atom is -0.322 e. The van der Waals surface area contributed by atoms with Gasteiger partial charge in [-0.25, -0.2) is 0 Å². The zero-order chi connectivity index (χ0) is 15.4. The third-order valence-corrected chi connectivity index (χ3v) is 2.99. The lowest BCUT2D eigenvalue weighted by molar-refractivity contribution is 0.102. The Morgan fingerprint density at radius 1 is 1.18 bits per heavy atom. The van der Waals surface area contributed by atoms with E-state index in [0.717, 1.165) is 0 Å². The molecule has 106 valence electrons. The number of carbonyl (C=O) groups excluding carboxylic acids is 1. The Morgan fingerprint density at radius 2 is 2.05 bits per heavy atom. The molecule has 0 fully saturated rings. The topological polar surface area (TPSA) is 96.5 Å². The summed E-state index contributed by atoms with van der Waals surface area (Å²) >= 11 is 0. The summed E-state index contributed by atoms with van der Waals surface area (Å²) in [5.41, 5.74) is 2.03. The zero-order valence-corrected chi connectivity index (χ0v) is 11.3. The van der Waals surface area contributed by atoms with Gasteiger partial charge in [0.15, 0.2) is 0 Å². The Morgan fingerprint density at radius 3 is 2.82 bits per heavy atom. The van der Waals surface area contributed by atoms with Gasteiger partial charge in [-0.05, 0) is 40.8 Å². The van der Waals surface area contributed by atoms with Gasteiger partial charge in [0.1, 0.15) is 6.33 Å². The van der Waals surface area contributed by atoms with Crippen molar-refractivity contribution < 1.29 is 4.79 Å². The monoisotopic (exact) mass is 290 g/mol. The first-order valence-corrected chi connectivity index (χ1v) is 6.42. The molecule has 1 aromatic heterocycles. The van der Waals surface area contributed by atoms with E-state index in [0.29, 0.717) is 22.5 Å². The Balaban J connectivity index is 1.91. The molecule has 0 saturated carbocycles. The molecule has 0 unspecified atom stereocenters. The van der Waals surface area contributed by atoms with Gasteiger partial charge in [-0.3, -0.25) is 4.79 Å². The van der Waals surface area contributed by atoms with Crippen LogP contribution in [-0.2, 0) is 0 Å². The average Bonchev–Trinajstić information content (AvgIpc) is 3.09. The van der Waals surface area contributed by atoms with Gasteiger partial charge in [0.25, 0.3) is 5.91 Å². The lowest BCUT2D eigenvalue weighted by Crippen LogP contribution is -2.15. The maximum atomic E-state index is 12.5. The van der Waals surface area contributed by atoms with E-state index in [2.05, 4.69) is 20.8 Å².